The maximum Gasteiger partial charge on any atom is 0.292 e. The molecular formula is C23H23FN4O3. The van der Waals surface area contributed by atoms with Gasteiger partial charge < -0.3 is 15.4 Å². The van der Waals surface area contributed by atoms with Crippen LogP contribution in [0.3, 0.4) is 0 Å². The number of azo groups is 1. The van der Waals surface area contributed by atoms with Crippen molar-refractivity contribution < 1.29 is 18.7 Å². The van der Waals surface area contributed by atoms with Crippen LogP contribution >= 0.6 is 0 Å². The summed E-state index contributed by atoms with van der Waals surface area (Å²) in [6.07, 6.45) is 2.11. The number of rotatable bonds is 7. The molecule has 2 heterocycles. The fraction of sp³-hybridized carbons (Fsp3) is 0.304. The van der Waals surface area contributed by atoms with Crippen molar-refractivity contribution >= 4 is 17.5 Å². The van der Waals surface area contributed by atoms with Crippen molar-refractivity contribution in [2.75, 3.05) is 18.5 Å². The first-order valence-electron chi connectivity index (χ1n) is 10.3. The molecule has 4 rings (SSSR count). The lowest BCUT2D eigenvalue weighted by Crippen LogP contribution is -2.34. The van der Waals surface area contributed by atoms with E-state index in [1.807, 2.05) is 18.2 Å². The molecule has 2 aliphatic rings. The highest BCUT2D eigenvalue weighted by atomic mass is 19.1. The van der Waals surface area contributed by atoms with E-state index in [0.717, 1.165) is 24.2 Å². The Morgan fingerprint density at radius 1 is 1.23 bits per heavy atom. The fourth-order valence-electron chi connectivity index (χ4n) is 3.66. The second kappa shape index (κ2) is 9.51. The molecule has 1 atom stereocenters. The van der Waals surface area contributed by atoms with Gasteiger partial charge in [0.25, 0.3) is 5.91 Å². The lowest BCUT2D eigenvalue weighted by atomic mass is 9.94. The number of anilines is 1. The molecule has 0 spiro atoms. The van der Waals surface area contributed by atoms with Crippen LogP contribution in [0.1, 0.15) is 24.8 Å². The summed E-state index contributed by atoms with van der Waals surface area (Å²) >= 11 is 0. The van der Waals surface area contributed by atoms with Crippen LogP contribution in [0, 0.1) is 5.82 Å². The second-order valence-corrected chi connectivity index (χ2v) is 7.44. The molecular weight excluding hydrogens is 399 g/mol. The number of halogens is 1. The molecule has 7 nitrogen and oxygen atoms in total. The highest BCUT2D eigenvalue weighted by Crippen LogP contribution is 2.27. The van der Waals surface area contributed by atoms with E-state index < -0.39 is 5.82 Å². The zero-order valence-electron chi connectivity index (χ0n) is 16.9. The van der Waals surface area contributed by atoms with Crippen molar-refractivity contribution in [3.8, 4) is 5.75 Å². The summed E-state index contributed by atoms with van der Waals surface area (Å²) < 4.78 is 19.8. The molecule has 2 amide bonds. The Hall–Kier alpha value is -3.55. The zero-order chi connectivity index (χ0) is 21.6. The number of nitrogens with one attached hydrogen (secondary N) is 2. The Balaban J connectivity index is 1.38. The largest absolute Gasteiger partial charge is 0.493 e. The first kappa shape index (κ1) is 20.7. The maximum atomic E-state index is 14.3. The average Bonchev–Trinajstić information content (AvgIpc) is 2.79. The number of amides is 2. The molecule has 0 saturated heterocycles. The van der Waals surface area contributed by atoms with Crippen LogP contribution in [-0.2, 0) is 16.0 Å². The molecule has 0 bridgehead atoms. The van der Waals surface area contributed by atoms with Gasteiger partial charge in [0.15, 0.2) is 0 Å². The van der Waals surface area contributed by atoms with Crippen molar-refractivity contribution in [1.82, 2.24) is 5.32 Å². The molecule has 2 aromatic carbocycles. The number of para-hydroxylation sites is 1. The van der Waals surface area contributed by atoms with Crippen LogP contribution in [0.25, 0.3) is 0 Å². The van der Waals surface area contributed by atoms with Gasteiger partial charge in [-0.15, -0.1) is 5.11 Å². The number of hydrogen-bond acceptors (Lipinski definition) is 5. The molecule has 0 saturated carbocycles. The highest BCUT2D eigenvalue weighted by molar-refractivity contribution is 5.95. The molecule has 0 aromatic heterocycles. The molecule has 0 radical (unpaired) electrons. The summed E-state index contributed by atoms with van der Waals surface area (Å²) in [5.74, 6) is -0.470. The van der Waals surface area contributed by atoms with Gasteiger partial charge in [-0.1, -0.05) is 24.3 Å². The topological polar surface area (TPSA) is 92.2 Å². The Morgan fingerprint density at radius 3 is 2.90 bits per heavy atom. The molecule has 160 valence electrons. The Kier molecular flexibility index (Phi) is 6.35. The summed E-state index contributed by atoms with van der Waals surface area (Å²) in [6, 6.07) is 13.4. The molecule has 0 aliphatic carbocycles. The van der Waals surface area contributed by atoms with E-state index in [1.54, 1.807) is 24.3 Å². The van der Waals surface area contributed by atoms with E-state index in [-0.39, 0.29) is 36.6 Å². The first-order valence-corrected chi connectivity index (χ1v) is 10.3. The minimum Gasteiger partial charge on any atom is -0.493 e. The number of carbonyl (C=O) groups excluding carboxylic acids is 2. The summed E-state index contributed by atoms with van der Waals surface area (Å²) in [4.78, 5) is 24.2. The molecule has 2 aromatic rings. The molecule has 2 N–H and O–H groups in total. The molecule has 31 heavy (non-hydrogen) atoms. The third kappa shape index (κ3) is 5.14. The molecule has 2 aliphatic heterocycles. The van der Waals surface area contributed by atoms with Gasteiger partial charge in [-0.25, -0.2) is 4.39 Å². The van der Waals surface area contributed by atoms with Crippen LogP contribution in [0.4, 0.5) is 10.1 Å². The number of hydrogen-bond donors (Lipinski definition) is 2. The summed E-state index contributed by atoms with van der Waals surface area (Å²) in [7, 11) is 0. The van der Waals surface area contributed by atoms with Crippen LogP contribution < -0.4 is 15.4 Å². The van der Waals surface area contributed by atoms with Crippen molar-refractivity contribution in [3.63, 3.8) is 0 Å². The molecule has 0 fully saturated rings. The van der Waals surface area contributed by atoms with Crippen LogP contribution in [0.5, 0.6) is 5.75 Å². The maximum absolute atomic E-state index is 14.3. The molecule has 1 unspecified atom stereocenters. The summed E-state index contributed by atoms with van der Waals surface area (Å²) in [6.45, 7) is 0.976. The summed E-state index contributed by atoms with van der Waals surface area (Å²) in [5, 5.41) is 13.8. The quantitative estimate of drug-likeness (QED) is 0.710. The van der Waals surface area contributed by atoms with Gasteiger partial charge in [0.2, 0.25) is 5.91 Å². The number of benzene rings is 2. The number of nitrogens with zero attached hydrogens (tertiary/aromatic N) is 2. The number of carbonyl (C=O) groups is 2. The Bertz CT molecular complexity index is 1040. The van der Waals surface area contributed by atoms with Gasteiger partial charge in [0.1, 0.15) is 17.6 Å². The molecule has 8 heteroatoms. The van der Waals surface area contributed by atoms with Crippen LogP contribution in [-0.4, -0.2) is 31.0 Å². The van der Waals surface area contributed by atoms with E-state index in [2.05, 4.69) is 20.9 Å². The van der Waals surface area contributed by atoms with E-state index >= 15 is 0 Å². The minimum absolute atomic E-state index is 0.0949. The Morgan fingerprint density at radius 2 is 2.06 bits per heavy atom. The SMILES string of the molecule is O=C(CCOc1ccccc1)Nc1cc(CC2N=NC(=O)C3=C2NCCC3)ccc1F. The third-order valence-corrected chi connectivity index (χ3v) is 5.20. The number of ether oxygens (including phenoxy) is 1. The van der Waals surface area contributed by atoms with E-state index in [0.29, 0.717) is 24.2 Å². The van der Waals surface area contributed by atoms with Gasteiger partial charge in [0, 0.05) is 24.2 Å². The van der Waals surface area contributed by atoms with E-state index in [9.17, 15) is 14.0 Å². The van der Waals surface area contributed by atoms with Crippen molar-refractivity contribution in [3.05, 3.63) is 71.2 Å². The van der Waals surface area contributed by atoms with E-state index in [1.165, 1.54) is 6.07 Å². The lowest BCUT2D eigenvalue weighted by Gasteiger charge is -2.27. The van der Waals surface area contributed by atoms with Crippen molar-refractivity contribution in [2.45, 2.75) is 31.7 Å². The van der Waals surface area contributed by atoms with Gasteiger partial charge in [-0.3, -0.25) is 9.59 Å². The van der Waals surface area contributed by atoms with Crippen molar-refractivity contribution in [2.24, 2.45) is 10.2 Å². The standard InChI is InChI=1S/C23H23FN4O3/c24-18-9-8-15(14-20-22-17(7-4-11-25-22)23(30)28-27-20)13-19(18)26-21(29)10-12-31-16-5-2-1-3-6-16/h1-3,5-6,8-9,13,20,25H,4,7,10-12,14H2,(H,26,29). The summed E-state index contributed by atoms with van der Waals surface area (Å²) in [5.41, 5.74) is 2.38. The Labute approximate surface area is 179 Å². The highest BCUT2D eigenvalue weighted by Gasteiger charge is 2.29. The van der Waals surface area contributed by atoms with E-state index in [4.69, 9.17) is 4.74 Å². The zero-order valence-corrected chi connectivity index (χ0v) is 16.9. The predicted molar refractivity (Wildman–Crippen MR) is 113 cm³/mol. The fourth-order valence-corrected chi connectivity index (χ4v) is 3.66. The third-order valence-electron chi connectivity index (χ3n) is 5.20. The lowest BCUT2D eigenvalue weighted by molar-refractivity contribution is -0.117. The van der Waals surface area contributed by atoms with Gasteiger partial charge in [-0.2, -0.15) is 5.11 Å². The normalized spacial score (nSPS) is 17.7. The van der Waals surface area contributed by atoms with Crippen LogP contribution in [0.15, 0.2) is 70.0 Å². The smallest absolute Gasteiger partial charge is 0.292 e. The van der Waals surface area contributed by atoms with Gasteiger partial charge in [0.05, 0.1) is 18.7 Å². The first-order chi connectivity index (χ1) is 15.1. The van der Waals surface area contributed by atoms with Gasteiger partial charge >= 0.3 is 0 Å². The minimum atomic E-state index is -0.516. The van der Waals surface area contributed by atoms with Gasteiger partial charge in [-0.05, 0) is 42.7 Å². The van der Waals surface area contributed by atoms with Crippen molar-refractivity contribution in [1.29, 1.82) is 0 Å². The predicted octanol–water partition coefficient (Wildman–Crippen LogP) is 3.77. The van der Waals surface area contributed by atoms with Crippen LogP contribution in [0.2, 0.25) is 0 Å². The average molecular weight is 422 g/mol. The monoisotopic (exact) mass is 422 g/mol. The second-order valence-electron chi connectivity index (χ2n) is 7.44.